The van der Waals surface area contributed by atoms with E-state index in [0.29, 0.717) is 0 Å². The maximum absolute atomic E-state index is 13.1. The van der Waals surface area contributed by atoms with E-state index in [-0.39, 0.29) is 16.3 Å². The highest BCUT2D eigenvalue weighted by Gasteiger charge is 2.10. The number of benzene rings is 1. The molecule has 1 aromatic carbocycles. The van der Waals surface area contributed by atoms with Crippen molar-refractivity contribution in [3.8, 4) is 0 Å². The summed E-state index contributed by atoms with van der Waals surface area (Å²) in [6.45, 7) is 6.43. The highest BCUT2D eigenvalue weighted by atomic mass is 32.2. The third-order valence-corrected chi connectivity index (χ3v) is 3.08. The van der Waals surface area contributed by atoms with Crippen LogP contribution in [0.1, 0.15) is 26.3 Å². The van der Waals surface area contributed by atoms with Gasteiger partial charge in [0.2, 0.25) is 0 Å². The van der Waals surface area contributed by atoms with Crippen LogP contribution in [0.5, 0.6) is 0 Å². The Kier molecular flexibility index (Phi) is 3.43. The van der Waals surface area contributed by atoms with E-state index in [1.54, 1.807) is 17.8 Å². The van der Waals surface area contributed by atoms with Crippen molar-refractivity contribution >= 4 is 17.4 Å². The van der Waals surface area contributed by atoms with Crippen LogP contribution < -0.4 is 5.73 Å². The van der Waals surface area contributed by atoms with Crippen LogP contribution in [-0.2, 0) is 5.75 Å². The molecule has 0 unspecified atom stereocenters. The minimum absolute atomic E-state index is 0.206. The van der Waals surface area contributed by atoms with E-state index in [0.717, 1.165) is 11.3 Å². The fraction of sp³-hybridized carbons (Fsp3) is 0.455. The van der Waals surface area contributed by atoms with E-state index in [1.165, 1.54) is 6.07 Å². The molecule has 78 valence electrons. The van der Waals surface area contributed by atoms with Gasteiger partial charge in [-0.15, -0.1) is 0 Å². The molecule has 0 saturated heterocycles. The normalized spacial score (nSPS) is 11.7. The molecule has 1 rings (SSSR count). The highest BCUT2D eigenvalue weighted by molar-refractivity contribution is 7.99. The lowest BCUT2D eigenvalue weighted by atomic mass is 10.2. The molecule has 0 fully saturated rings. The first kappa shape index (κ1) is 11.4. The quantitative estimate of drug-likeness (QED) is 0.762. The third-order valence-electron chi connectivity index (χ3n) is 1.74. The van der Waals surface area contributed by atoms with Gasteiger partial charge in [0.05, 0.1) is 5.69 Å². The Labute approximate surface area is 88.9 Å². The molecule has 1 aromatic rings. The molecule has 0 radical (unpaired) electrons. The van der Waals surface area contributed by atoms with Gasteiger partial charge in [0, 0.05) is 10.5 Å². The lowest BCUT2D eigenvalue weighted by Crippen LogP contribution is -2.07. The van der Waals surface area contributed by atoms with Crippen LogP contribution in [0.25, 0.3) is 0 Å². The molecule has 0 amide bonds. The lowest BCUT2D eigenvalue weighted by molar-refractivity contribution is 0.631. The summed E-state index contributed by atoms with van der Waals surface area (Å²) < 4.78 is 13.3. The number of anilines is 1. The summed E-state index contributed by atoms with van der Waals surface area (Å²) in [6.07, 6.45) is 0. The van der Waals surface area contributed by atoms with Crippen molar-refractivity contribution < 1.29 is 4.39 Å². The van der Waals surface area contributed by atoms with Crippen LogP contribution in [0.15, 0.2) is 18.2 Å². The van der Waals surface area contributed by atoms with Crippen LogP contribution in [0.3, 0.4) is 0 Å². The molecule has 0 aliphatic carbocycles. The molecule has 0 aliphatic rings. The van der Waals surface area contributed by atoms with Crippen molar-refractivity contribution in [1.82, 2.24) is 0 Å². The lowest BCUT2D eigenvalue weighted by Gasteiger charge is -2.17. The highest BCUT2D eigenvalue weighted by Crippen LogP contribution is 2.27. The van der Waals surface area contributed by atoms with Crippen LogP contribution in [0, 0.1) is 5.82 Å². The van der Waals surface area contributed by atoms with Gasteiger partial charge in [-0.05, 0) is 17.7 Å². The van der Waals surface area contributed by atoms with Crippen LogP contribution in [0.2, 0.25) is 0 Å². The minimum Gasteiger partial charge on any atom is -0.396 e. The molecule has 0 saturated carbocycles. The summed E-state index contributed by atoms with van der Waals surface area (Å²) in [5, 5.41) is 0. The molecule has 0 spiro atoms. The van der Waals surface area contributed by atoms with E-state index in [4.69, 9.17) is 5.73 Å². The number of rotatable bonds is 2. The standard InChI is InChI=1S/C11H16FNS/c1-11(2,3)14-7-8-4-5-10(13)9(12)6-8/h4-6H,7,13H2,1-3H3. The number of thioether (sulfide) groups is 1. The maximum Gasteiger partial charge on any atom is 0.146 e. The zero-order valence-electron chi connectivity index (χ0n) is 8.80. The summed E-state index contributed by atoms with van der Waals surface area (Å²) in [5.41, 5.74) is 6.59. The predicted molar refractivity (Wildman–Crippen MR) is 61.9 cm³/mol. The molecule has 0 bridgehead atoms. The molecule has 0 aromatic heterocycles. The first-order chi connectivity index (χ1) is 6.38. The number of halogens is 1. The smallest absolute Gasteiger partial charge is 0.146 e. The van der Waals surface area contributed by atoms with E-state index in [2.05, 4.69) is 20.8 Å². The largest absolute Gasteiger partial charge is 0.396 e. The van der Waals surface area contributed by atoms with Crippen LogP contribution in [0.4, 0.5) is 10.1 Å². The molecule has 2 N–H and O–H groups in total. The van der Waals surface area contributed by atoms with Gasteiger partial charge in [0.25, 0.3) is 0 Å². The second-order valence-corrected chi connectivity index (χ2v) is 6.06. The summed E-state index contributed by atoms with van der Waals surface area (Å²) >= 11 is 1.79. The molecule has 1 nitrogen and oxygen atoms in total. The number of hydrogen-bond donors (Lipinski definition) is 1. The molecular formula is C11H16FNS. The van der Waals surface area contributed by atoms with Crippen molar-refractivity contribution in [2.75, 3.05) is 5.73 Å². The minimum atomic E-state index is -0.322. The fourth-order valence-corrected chi connectivity index (χ4v) is 1.74. The number of nitrogen functional groups attached to an aromatic ring is 1. The number of nitrogens with two attached hydrogens (primary N) is 1. The fourth-order valence-electron chi connectivity index (χ4n) is 0.960. The van der Waals surface area contributed by atoms with Gasteiger partial charge in [0.15, 0.2) is 0 Å². The van der Waals surface area contributed by atoms with E-state index < -0.39 is 0 Å². The Balaban J connectivity index is 2.65. The van der Waals surface area contributed by atoms with Gasteiger partial charge >= 0.3 is 0 Å². The zero-order valence-corrected chi connectivity index (χ0v) is 9.62. The molecule has 0 heterocycles. The first-order valence-electron chi connectivity index (χ1n) is 4.56. The predicted octanol–water partition coefficient (Wildman–Crippen LogP) is 3.44. The Morgan fingerprint density at radius 1 is 1.36 bits per heavy atom. The van der Waals surface area contributed by atoms with Gasteiger partial charge in [0.1, 0.15) is 5.82 Å². The molecule has 3 heteroatoms. The van der Waals surface area contributed by atoms with Crippen LogP contribution in [-0.4, -0.2) is 4.75 Å². The summed E-state index contributed by atoms with van der Waals surface area (Å²) in [4.78, 5) is 0. The van der Waals surface area contributed by atoms with Gasteiger partial charge in [-0.2, -0.15) is 11.8 Å². The third kappa shape index (κ3) is 3.58. The SMILES string of the molecule is CC(C)(C)SCc1ccc(N)c(F)c1. The van der Waals surface area contributed by atoms with Gasteiger partial charge < -0.3 is 5.73 Å². The second kappa shape index (κ2) is 4.22. The van der Waals surface area contributed by atoms with Crippen molar-refractivity contribution in [3.63, 3.8) is 0 Å². The number of hydrogen-bond acceptors (Lipinski definition) is 2. The average Bonchev–Trinajstić information content (AvgIpc) is 2.06. The molecule has 0 atom stereocenters. The van der Waals surface area contributed by atoms with E-state index in [1.807, 2.05) is 6.07 Å². The zero-order chi connectivity index (χ0) is 10.8. The maximum atomic E-state index is 13.1. The van der Waals surface area contributed by atoms with Crippen LogP contribution >= 0.6 is 11.8 Å². The Bertz CT molecular complexity index is 318. The molecular weight excluding hydrogens is 197 g/mol. The van der Waals surface area contributed by atoms with E-state index >= 15 is 0 Å². The summed E-state index contributed by atoms with van der Waals surface area (Å²) in [5.74, 6) is 0.498. The van der Waals surface area contributed by atoms with Crippen molar-refractivity contribution in [1.29, 1.82) is 0 Å². The topological polar surface area (TPSA) is 26.0 Å². The second-order valence-electron chi connectivity index (χ2n) is 4.26. The molecule has 14 heavy (non-hydrogen) atoms. The average molecular weight is 213 g/mol. The Hall–Kier alpha value is -0.700. The van der Waals surface area contributed by atoms with Gasteiger partial charge in [-0.1, -0.05) is 26.8 Å². The van der Waals surface area contributed by atoms with Crippen molar-refractivity contribution in [2.24, 2.45) is 0 Å². The molecule has 0 aliphatic heterocycles. The van der Waals surface area contributed by atoms with Gasteiger partial charge in [-0.25, -0.2) is 4.39 Å². The Morgan fingerprint density at radius 2 is 2.00 bits per heavy atom. The van der Waals surface area contributed by atoms with Crippen molar-refractivity contribution in [3.05, 3.63) is 29.6 Å². The van der Waals surface area contributed by atoms with Gasteiger partial charge in [-0.3, -0.25) is 0 Å². The Morgan fingerprint density at radius 3 is 2.50 bits per heavy atom. The monoisotopic (exact) mass is 213 g/mol. The first-order valence-corrected chi connectivity index (χ1v) is 5.55. The summed E-state index contributed by atoms with van der Waals surface area (Å²) in [6, 6.07) is 5.00. The summed E-state index contributed by atoms with van der Waals surface area (Å²) in [7, 11) is 0. The van der Waals surface area contributed by atoms with E-state index in [9.17, 15) is 4.39 Å². The van der Waals surface area contributed by atoms with Crippen molar-refractivity contribution in [2.45, 2.75) is 31.3 Å².